The van der Waals surface area contributed by atoms with Crippen LogP contribution in [0.3, 0.4) is 0 Å². The van der Waals surface area contributed by atoms with Gasteiger partial charge in [0, 0.05) is 19.3 Å². The molecular formula is C18H22N4O3S. The van der Waals surface area contributed by atoms with Gasteiger partial charge < -0.3 is 10.2 Å². The van der Waals surface area contributed by atoms with Crippen LogP contribution in [0.25, 0.3) is 0 Å². The zero-order valence-corrected chi connectivity index (χ0v) is 15.2. The lowest BCUT2D eigenvalue weighted by atomic mass is 10.1. The molecule has 3 rings (SSSR count). The smallest absolute Gasteiger partial charge is 0.245 e. The Morgan fingerprint density at radius 2 is 1.96 bits per heavy atom. The Labute approximate surface area is 153 Å². The molecule has 1 aromatic heterocycles. The molecule has 8 heteroatoms. The van der Waals surface area contributed by atoms with Crippen LogP contribution in [0, 0.1) is 0 Å². The van der Waals surface area contributed by atoms with Crippen LogP contribution in [-0.2, 0) is 21.2 Å². The number of primary sulfonamides is 1. The number of nitrogens with zero attached hydrogens (tertiary/aromatic N) is 2. The molecule has 1 aromatic carbocycles. The van der Waals surface area contributed by atoms with Crippen molar-refractivity contribution < 1.29 is 13.2 Å². The Kier molecular flexibility index (Phi) is 5.53. The van der Waals surface area contributed by atoms with E-state index in [9.17, 15) is 13.2 Å². The summed E-state index contributed by atoms with van der Waals surface area (Å²) in [5.41, 5.74) is 1.25. The second-order valence-corrected chi connectivity index (χ2v) is 7.83. The summed E-state index contributed by atoms with van der Waals surface area (Å²) in [5, 5.41) is 8.15. The molecule has 1 atom stereocenters. The maximum Gasteiger partial charge on any atom is 0.245 e. The number of pyridine rings is 1. The first kappa shape index (κ1) is 18.3. The molecule has 0 radical (unpaired) electrons. The molecule has 1 unspecified atom stereocenters. The first-order valence-electron chi connectivity index (χ1n) is 8.52. The first-order valence-corrected chi connectivity index (χ1v) is 10.1. The van der Waals surface area contributed by atoms with Gasteiger partial charge in [-0.25, -0.2) is 18.5 Å². The molecule has 7 nitrogen and oxygen atoms in total. The molecule has 0 bridgehead atoms. The summed E-state index contributed by atoms with van der Waals surface area (Å²) in [5.74, 6) is 0.0866. The number of nitrogens with one attached hydrogen (secondary N) is 1. The molecule has 138 valence electrons. The maximum atomic E-state index is 12.6. The number of aromatic nitrogens is 1. The van der Waals surface area contributed by atoms with Crippen molar-refractivity contribution in [2.24, 2.45) is 5.14 Å². The zero-order valence-electron chi connectivity index (χ0n) is 14.3. The third kappa shape index (κ3) is 4.39. The van der Waals surface area contributed by atoms with E-state index in [1.165, 1.54) is 23.9 Å². The number of rotatable bonds is 7. The molecular weight excluding hydrogens is 352 g/mol. The highest BCUT2D eigenvalue weighted by Crippen LogP contribution is 2.21. The van der Waals surface area contributed by atoms with Crippen molar-refractivity contribution in [2.45, 2.75) is 30.2 Å². The van der Waals surface area contributed by atoms with E-state index in [2.05, 4.69) is 22.4 Å². The number of carbonyl (C=O) groups is 1. The lowest BCUT2D eigenvalue weighted by molar-refractivity contribution is -0.128. The van der Waals surface area contributed by atoms with Crippen molar-refractivity contribution in [3.63, 3.8) is 0 Å². The van der Waals surface area contributed by atoms with Crippen LogP contribution in [0.5, 0.6) is 0 Å². The Bertz CT molecular complexity index is 871. The summed E-state index contributed by atoms with van der Waals surface area (Å²) < 4.78 is 23.3. The number of benzene rings is 1. The van der Waals surface area contributed by atoms with E-state index in [0.29, 0.717) is 19.5 Å². The molecule has 1 fully saturated rings. The van der Waals surface area contributed by atoms with Gasteiger partial charge in [0.15, 0.2) is 0 Å². The first-order chi connectivity index (χ1) is 12.4. The van der Waals surface area contributed by atoms with Gasteiger partial charge in [-0.2, -0.15) is 0 Å². The fraction of sp³-hybridized carbons (Fsp3) is 0.333. The molecule has 26 heavy (non-hydrogen) atoms. The van der Waals surface area contributed by atoms with Crippen molar-refractivity contribution in [1.29, 1.82) is 0 Å². The van der Waals surface area contributed by atoms with Gasteiger partial charge >= 0.3 is 0 Å². The van der Waals surface area contributed by atoms with E-state index in [4.69, 9.17) is 5.14 Å². The highest BCUT2D eigenvalue weighted by Gasteiger charge is 2.32. The number of hydrogen-bond acceptors (Lipinski definition) is 5. The predicted molar refractivity (Wildman–Crippen MR) is 99.0 cm³/mol. The fourth-order valence-electron chi connectivity index (χ4n) is 3.11. The summed E-state index contributed by atoms with van der Waals surface area (Å²) in [6, 6.07) is 12.5. The lowest BCUT2D eigenvalue weighted by Crippen LogP contribution is -2.34. The largest absolute Gasteiger partial charge is 0.357 e. The minimum absolute atomic E-state index is 0.0379. The van der Waals surface area contributed by atoms with Crippen LogP contribution in [0.1, 0.15) is 18.4 Å². The normalized spacial score (nSPS) is 17.5. The molecule has 2 aromatic rings. The molecule has 1 aliphatic rings. The van der Waals surface area contributed by atoms with Crippen molar-refractivity contribution >= 4 is 21.7 Å². The Morgan fingerprint density at radius 1 is 1.19 bits per heavy atom. The van der Waals surface area contributed by atoms with E-state index in [-0.39, 0.29) is 16.6 Å². The van der Waals surface area contributed by atoms with Crippen LogP contribution in [-0.4, -0.2) is 43.3 Å². The van der Waals surface area contributed by atoms with Crippen LogP contribution in [0.15, 0.2) is 53.6 Å². The van der Waals surface area contributed by atoms with E-state index >= 15 is 0 Å². The maximum absolute atomic E-state index is 12.6. The van der Waals surface area contributed by atoms with Crippen LogP contribution in [0.2, 0.25) is 0 Å². The Hall–Kier alpha value is -2.45. The van der Waals surface area contributed by atoms with Crippen LogP contribution >= 0.6 is 0 Å². The average Bonchev–Trinajstić information content (AvgIpc) is 2.96. The van der Waals surface area contributed by atoms with Gasteiger partial charge in [0.05, 0.1) is 0 Å². The monoisotopic (exact) mass is 374 g/mol. The van der Waals surface area contributed by atoms with Gasteiger partial charge in [-0.15, -0.1) is 0 Å². The molecule has 1 aliphatic heterocycles. The number of sulfonamides is 1. The fourth-order valence-corrected chi connectivity index (χ4v) is 3.76. The predicted octanol–water partition coefficient (Wildman–Crippen LogP) is 1.37. The van der Waals surface area contributed by atoms with Gasteiger partial charge in [0.25, 0.3) is 0 Å². The van der Waals surface area contributed by atoms with Gasteiger partial charge in [0.2, 0.25) is 15.9 Å². The number of amides is 1. The van der Waals surface area contributed by atoms with Crippen molar-refractivity contribution in [2.75, 3.05) is 18.4 Å². The van der Waals surface area contributed by atoms with Crippen LogP contribution in [0.4, 0.5) is 5.82 Å². The van der Waals surface area contributed by atoms with E-state index in [1.54, 1.807) is 4.90 Å². The average molecular weight is 374 g/mol. The van der Waals surface area contributed by atoms with Crippen LogP contribution < -0.4 is 10.5 Å². The molecule has 0 aliphatic carbocycles. The van der Waals surface area contributed by atoms with Gasteiger partial charge in [-0.1, -0.05) is 30.3 Å². The summed E-state index contributed by atoms with van der Waals surface area (Å²) >= 11 is 0. The topological polar surface area (TPSA) is 105 Å². The van der Waals surface area contributed by atoms with E-state index in [0.717, 1.165) is 12.8 Å². The third-order valence-electron chi connectivity index (χ3n) is 4.42. The number of likely N-dealkylation sites (tertiary alicyclic amines) is 1. The summed E-state index contributed by atoms with van der Waals surface area (Å²) in [6.07, 6.45) is 3.87. The van der Waals surface area contributed by atoms with Gasteiger partial charge in [0.1, 0.15) is 16.8 Å². The minimum Gasteiger partial charge on any atom is -0.357 e. The quantitative estimate of drug-likeness (QED) is 0.762. The molecule has 2 heterocycles. The number of nitrogens with two attached hydrogens (primary N) is 1. The molecule has 3 N–H and O–H groups in total. The number of anilines is 1. The lowest BCUT2D eigenvalue weighted by Gasteiger charge is -2.18. The second kappa shape index (κ2) is 7.84. The third-order valence-corrected chi connectivity index (χ3v) is 5.36. The van der Waals surface area contributed by atoms with Crippen molar-refractivity contribution in [3.8, 4) is 0 Å². The van der Waals surface area contributed by atoms with E-state index < -0.39 is 16.1 Å². The Balaban J connectivity index is 1.58. The minimum atomic E-state index is -3.90. The zero-order chi connectivity index (χ0) is 18.6. The van der Waals surface area contributed by atoms with Gasteiger partial charge in [-0.3, -0.25) is 4.79 Å². The standard InChI is InChI=1S/C18H22N4O3S/c19-26(24,25)16-9-4-11-20-17(16)21-15-10-13-22(18(15)23)12-5-8-14-6-2-1-3-7-14/h1-4,6-7,9,11,15H,5,8,10,12-13H2,(H,20,21)(H2,19,24,25). The summed E-state index contributed by atoms with van der Waals surface area (Å²) in [7, 11) is -3.90. The van der Waals surface area contributed by atoms with Crippen molar-refractivity contribution in [1.82, 2.24) is 9.88 Å². The molecule has 0 spiro atoms. The molecule has 1 saturated heterocycles. The number of aryl methyl sites for hydroxylation is 1. The van der Waals surface area contributed by atoms with Gasteiger partial charge in [-0.05, 0) is 37.0 Å². The summed E-state index contributed by atoms with van der Waals surface area (Å²) in [4.78, 5) is 18.3. The highest BCUT2D eigenvalue weighted by molar-refractivity contribution is 7.89. The number of hydrogen-bond donors (Lipinski definition) is 2. The second-order valence-electron chi connectivity index (χ2n) is 6.30. The number of carbonyl (C=O) groups excluding carboxylic acids is 1. The Morgan fingerprint density at radius 3 is 2.69 bits per heavy atom. The highest BCUT2D eigenvalue weighted by atomic mass is 32.2. The van der Waals surface area contributed by atoms with Crippen molar-refractivity contribution in [3.05, 3.63) is 54.2 Å². The SMILES string of the molecule is NS(=O)(=O)c1cccnc1NC1CCN(CCCc2ccccc2)C1=O. The molecule has 1 amide bonds. The summed E-state index contributed by atoms with van der Waals surface area (Å²) in [6.45, 7) is 1.32. The molecule has 0 saturated carbocycles. The van der Waals surface area contributed by atoms with E-state index in [1.807, 2.05) is 18.2 Å².